The molecular weight excluding hydrogens is 392 g/mol. The zero-order valence-corrected chi connectivity index (χ0v) is 13.6. The van der Waals surface area contributed by atoms with E-state index in [1.807, 2.05) is 0 Å². The highest BCUT2D eigenvalue weighted by Crippen LogP contribution is 2.31. The van der Waals surface area contributed by atoms with Gasteiger partial charge in [0.15, 0.2) is 5.69 Å². The Morgan fingerprint density at radius 2 is 1.32 bits per heavy atom. The molecule has 146 valence electrons. The topological polar surface area (TPSA) is 57.1 Å². The van der Waals surface area contributed by atoms with E-state index in [1.165, 1.54) is 24.3 Å². The Labute approximate surface area is 153 Å². The van der Waals surface area contributed by atoms with Gasteiger partial charge in [0.1, 0.15) is 11.5 Å². The van der Waals surface area contributed by atoms with Crippen LogP contribution in [0.2, 0.25) is 0 Å². The molecule has 3 rings (SSSR count). The molecule has 2 heterocycles. The van der Waals surface area contributed by atoms with E-state index < -0.39 is 29.6 Å². The molecule has 0 aliphatic heterocycles. The van der Waals surface area contributed by atoms with Gasteiger partial charge in [0.05, 0.1) is 5.56 Å². The van der Waals surface area contributed by atoms with Crippen molar-refractivity contribution in [2.45, 2.75) is 12.4 Å². The number of hydrogen-bond donors (Lipinski definition) is 0. The Morgan fingerprint density at radius 3 is 1.86 bits per heavy atom. The van der Waals surface area contributed by atoms with Gasteiger partial charge >= 0.3 is 18.4 Å². The van der Waals surface area contributed by atoms with Gasteiger partial charge in [0.25, 0.3) is 0 Å². The zero-order chi connectivity index (χ0) is 20.4. The van der Waals surface area contributed by atoms with Crippen LogP contribution in [0.3, 0.4) is 0 Å². The third-order valence-electron chi connectivity index (χ3n) is 3.24. The highest BCUT2D eigenvalue weighted by Gasteiger charge is 2.33. The number of benzene rings is 1. The van der Waals surface area contributed by atoms with Crippen LogP contribution in [-0.4, -0.2) is 15.0 Å². The number of aromatic nitrogens is 3. The van der Waals surface area contributed by atoms with Crippen molar-refractivity contribution in [3.8, 4) is 23.4 Å². The van der Waals surface area contributed by atoms with Gasteiger partial charge in [0.2, 0.25) is 5.88 Å². The van der Waals surface area contributed by atoms with Crippen LogP contribution >= 0.6 is 0 Å². The maximum absolute atomic E-state index is 12.6. The average molecular weight is 401 g/mol. The minimum absolute atomic E-state index is 0.0668. The third kappa shape index (κ3) is 4.87. The highest BCUT2D eigenvalue weighted by molar-refractivity contribution is 5.35. The van der Waals surface area contributed by atoms with E-state index >= 15 is 0 Å². The second-order valence-corrected chi connectivity index (χ2v) is 5.28. The SMILES string of the molecule is FC(F)(F)c1ccc(Oc2ccc(Oc3nccc(C(F)(F)F)n3)cc2)nc1. The van der Waals surface area contributed by atoms with Crippen molar-refractivity contribution < 1.29 is 35.8 Å². The van der Waals surface area contributed by atoms with E-state index in [1.54, 1.807) is 0 Å². The predicted molar refractivity (Wildman–Crippen MR) is 82.9 cm³/mol. The first-order valence-electron chi connectivity index (χ1n) is 7.50. The molecule has 0 radical (unpaired) electrons. The third-order valence-corrected chi connectivity index (χ3v) is 3.24. The number of halogens is 6. The molecule has 3 aromatic rings. The van der Waals surface area contributed by atoms with E-state index in [2.05, 4.69) is 15.0 Å². The van der Waals surface area contributed by atoms with Crippen molar-refractivity contribution in [2.24, 2.45) is 0 Å². The Bertz CT molecular complexity index is 941. The molecular formula is C17H9F6N3O2. The maximum Gasteiger partial charge on any atom is 0.433 e. The molecule has 0 atom stereocenters. The summed E-state index contributed by atoms with van der Waals surface area (Å²) in [6.07, 6.45) is -7.58. The van der Waals surface area contributed by atoms with Gasteiger partial charge in [-0.2, -0.15) is 31.3 Å². The maximum atomic E-state index is 12.6. The summed E-state index contributed by atoms with van der Waals surface area (Å²) in [4.78, 5) is 10.4. The molecule has 0 amide bonds. The largest absolute Gasteiger partial charge is 0.439 e. The molecule has 0 bridgehead atoms. The second kappa shape index (κ2) is 7.33. The molecule has 0 aliphatic rings. The summed E-state index contributed by atoms with van der Waals surface area (Å²) in [6.45, 7) is 0. The van der Waals surface area contributed by atoms with Crippen molar-refractivity contribution in [2.75, 3.05) is 0 Å². The number of rotatable bonds is 4. The zero-order valence-electron chi connectivity index (χ0n) is 13.6. The summed E-state index contributed by atoms with van der Waals surface area (Å²) in [5.74, 6) is 0.291. The van der Waals surface area contributed by atoms with Crippen LogP contribution in [0.15, 0.2) is 54.9 Å². The van der Waals surface area contributed by atoms with Gasteiger partial charge in [-0.1, -0.05) is 0 Å². The van der Waals surface area contributed by atoms with Gasteiger partial charge < -0.3 is 9.47 Å². The first-order valence-corrected chi connectivity index (χ1v) is 7.50. The van der Waals surface area contributed by atoms with Crippen LogP contribution in [0.4, 0.5) is 26.3 Å². The molecule has 0 spiro atoms. The Balaban J connectivity index is 1.67. The van der Waals surface area contributed by atoms with Gasteiger partial charge in [-0.3, -0.25) is 0 Å². The van der Waals surface area contributed by atoms with Crippen LogP contribution in [0, 0.1) is 0 Å². The number of hydrogen-bond acceptors (Lipinski definition) is 5. The molecule has 0 unspecified atom stereocenters. The van der Waals surface area contributed by atoms with Gasteiger partial charge in [-0.25, -0.2) is 9.97 Å². The fraction of sp³-hybridized carbons (Fsp3) is 0.118. The summed E-state index contributed by atoms with van der Waals surface area (Å²) in [5.41, 5.74) is -2.06. The first-order chi connectivity index (χ1) is 13.1. The summed E-state index contributed by atoms with van der Waals surface area (Å²) in [6, 6.07) is 7.61. The number of ether oxygens (including phenoxy) is 2. The molecule has 2 aromatic heterocycles. The lowest BCUT2D eigenvalue weighted by Crippen LogP contribution is -2.08. The highest BCUT2D eigenvalue weighted by atomic mass is 19.4. The Hall–Kier alpha value is -3.37. The van der Waals surface area contributed by atoms with E-state index in [0.717, 1.165) is 18.3 Å². The van der Waals surface area contributed by atoms with Crippen molar-refractivity contribution in [1.82, 2.24) is 15.0 Å². The lowest BCUT2D eigenvalue weighted by Gasteiger charge is -2.09. The molecule has 0 fully saturated rings. The van der Waals surface area contributed by atoms with Crippen molar-refractivity contribution in [3.05, 3.63) is 66.1 Å². The molecule has 0 aliphatic carbocycles. The summed E-state index contributed by atoms with van der Waals surface area (Å²) in [7, 11) is 0. The lowest BCUT2D eigenvalue weighted by atomic mass is 10.3. The smallest absolute Gasteiger partial charge is 0.433 e. The number of alkyl halides is 6. The van der Waals surface area contributed by atoms with Crippen LogP contribution in [0.5, 0.6) is 23.4 Å². The van der Waals surface area contributed by atoms with Gasteiger partial charge in [0, 0.05) is 18.5 Å². The van der Waals surface area contributed by atoms with Crippen LogP contribution in [-0.2, 0) is 12.4 Å². The van der Waals surface area contributed by atoms with Crippen LogP contribution in [0.25, 0.3) is 0 Å². The van der Waals surface area contributed by atoms with E-state index in [0.29, 0.717) is 12.3 Å². The minimum atomic E-state index is -4.63. The molecule has 1 aromatic carbocycles. The van der Waals surface area contributed by atoms with Gasteiger partial charge in [-0.05, 0) is 36.4 Å². The lowest BCUT2D eigenvalue weighted by molar-refractivity contribution is -0.141. The van der Waals surface area contributed by atoms with Crippen LogP contribution < -0.4 is 9.47 Å². The fourth-order valence-corrected chi connectivity index (χ4v) is 1.96. The molecule has 5 nitrogen and oxygen atoms in total. The summed E-state index contributed by atoms with van der Waals surface area (Å²) in [5, 5.41) is 0. The second-order valence-electron chi connectivity index (χ2n) is 5.28. The van der Waals surface area contributed by atoms with Gasteiger partial charge in [-0.15, -0.1) is 0 Å². The predicted octanol–water partition coefficient (Wildman–Crippen LogP) is 5.49. The Morgan fingerprint density at radius 1 is 0.679 bits per heavy atom. The summed E-state index contributed by atoms with van der Waals surface area (Å²) >= 11 is 0. The number of pyridine rings is 1. The molecule has 11 heteroatoms. The molecule has 0 saturated heterocycles. The quantitative estimate of drug-likeness (QED) is 0.541. The molecule has 0 saturated carbocycles. The van der Waals surface area contributed by atoms with Crippen molar-refractivity contribution >= 4 is 0 Å². The van der Waals surface area contributed by atoms with Crippen LogP contribution in [0.1, 0.15) is 11.3 Å². The average Bonchev–Trinajstić information content (AvgIpc) is 2.63. The van der Waals surface area contributed by atoms with Crippen molar-refractivity contribution in [1.29, 1.82) is 0 Å². The monoisotopic (exact) mass is 401 g/mol. The Kier molecular flexibility index (Phi) is 5.08. The minimum Gasteiger partial charge on any atom is -0.439 e. The van der Waals surface area contributed by atoms with E-state index in [9.17, 15) is 26.3 Å². The number of nitrogens with zero attached hydrogens (tertiary/aromatic N) is 3. The molecule has 0 N–H and O–H groups in total. The fourth-order valence-electron chi connectivity index (χ4n) is 1.96. The molecule has 28 heavy (non-hydrogen) atoms. The normalized spacial score (nSPS) is 11.9. The first kappa shape index (κ1) is 19.4. The summed E-state index contributed by atoms with van der Waals surface area (Å²) < 4.78 is 85.8. The van der Waals surface area contributed by atoms with Crippen molar-refractivity contribution in [3.63, 3.8) is 0 Å². The standard InChI is InChI=1S/C17H9F6N3O2/c18-16(19,20)10-1-6-14(25-9-10)27-11-2-4-12(5-3-11)28-15-24-8-7-13(26-15)17(21,22)23/h1-9H. The van der Waals surface area contributed by atoms with E-state index in [-0.39, 0.29) is 17.4 Å². The van der Waals surface area contributed by atoms with E-state index in [4.69, 9.17) is 9.47 Å².